The first-order chi connectivity index (χ1) is 6.36. The van der Waals surface area contributed by atoms with E-state index in [1.165, 1.54) is 45.1 Å². The summed E-state index contributed by atoms with van der Waals surface area (Å²) in [6.07, 6.45) is 8.75. The average molecular weight is 183 g/mol. The van der Waals surface area contributed by atoms with Crippen LogP contribution >= 0.6 is 0 Å². The third kappa shape index (κ3) is 4.12. The van der Waals surface area contributed by atoms with Gasteiger partial charge in [0.15, 0.2) is 0 Å². The zero-order valence-corrected chi connectivity index (χ0v) is 9.31. The summed E-state index contributed by atoms with van der Waals surface area (Å²) in [5.74, 6) is 2.00. The molecule has 1 aliphatic rings. The van der Waals surface area contributed by atoms with E-state index in [0.29, 0.717) is 0 Å². The molecule has 0 saturated heterocycles. The summed E-state index contributed by atoms with van der Waals surface area (Å²) in [4.78, 5) is 0. The number of hydrogen-bond acceptors (Lipinski definition) is 1. The second-order valence-electron chi connectivity index (χ2n) is 4.46. The lowest BCUT2D eigenvalue weighted by Gasteiger charge is -2.14. The van der Waals surface area contributed by atoms with Crippen molar-refractivity contribution in [2.45, 2.75) is 52.4 Å². The van der Waals surface area contributed by atoms with Crippen molar-refractivity contribution in [2.75, 3.05) is 13.1 Å². The monoisotopic (exact) mass is 183 g/mol. The van der Waals surface area contributed by atoms with Gasteiger partial charge in [0.2, 0.25) is 0 Å². The first-order valence-electron chi connectivity index (χ1n) is 6.07. The van der Waals surface area contributed by atoms with E-state index in [1.54, 1.807) is 0 Å². The van der Waals surface area contributed by atoms with Gasteiger partial charge in [0.1, 0.15) is 0 Å². The maximum Gasteiger partial charge on any atom is -0.00206 e. The minimum absolute atomic E-state index is 0.969. The van der Waals surface area contributed by atoms with Crippen molar-refractivity contribution in [3.63, 3.8) is 0 Å². The molecule has 1 N–H and O–H groups in total. The summed E-state index contributed by atoms with van der Waals surface area (Å²) >= 11 is 0. The highest BCUT2D eigenvalue weighted by Crippen LogP contribution is 2.28. The normalized spacial score (nSPS) is 30.0. The second-order valence-corrected chi connectivity index (χ2v) is 4.46. The minimum atomic E-state index is 0.969. The van der Waals surface area contributed by atoms with Crippen LogP contribution in [-0.2, 0) is 0 Å². The van der Waals surface area contributed by atoms with Crippen molar-refractivity contribution in [1.82, 2.24) is 5.32 Å². The molecule has 0 amide bonds. The molecule has 1 nitrogen and oxygen atoms in total. The van der Waals surface area contributed by atoms with Gasteiger partial charge in [0, 0.05) is 0 Å². The molecular weight excluding hydrogens is 158 g/mol. The van der Waals surface area contributed by atoms with E-state index in [0.717, 1.165) is 18.4 Å². The van der Waals surface area contributed by atoms with Crippen LogP contribution in [0.1, 0.15) is 52.4 Å². The molecule has 78 valence electrons. The van der Waals surface area contributed by atoms with Crippen molar-refractivity contribution in [3.05, 3.63) is 0 Å². The Morgan fingerprint density at radius 3 is 2.38 bits per heavy atom. The Bertz CT molecular complexity index is 122. The van der Waals surface area contributed by atoms with Gasteiger partial charge in [-0.3, -0.25) is 0 Å². The third-order valence-electron chi connectivity index (χ3n) is 3.47. The zero-order valence-electron chi connectivity index (χ0n) is 9.31. The quantitative estimate of drug-likeness (QED) is 0.660. The molecule has 0 heterocycles. The van der Waals surface area contributed by atoms with Gasteiger partial charge in [0.05, 0.1) is 0 Å². The third-order valence-corrected chi connectivity index (χ3v) is 3.47. The number of rotatable bonds is 4. The molecule has 0 aromatic heterocycles. The fraction of sp³-hybridized carbons (Fsp3) is 1.00. The molecule has 1 saturated carbocycles. The highest BCUT2D eigenvalue weighted by Gasteiger charge is 2.16. The molecule has 0 aromatic carbocycles. The molecular formula is C12H25N. The SMILES string of the molecule is CCNCC1CCCC(CC)CC1. The summed E-state index contributed by atoms with van der Waals surface area (Å²) in [5, 5.41) is 3.48. The summed E-state index contributed by atoms with van der Waals surface area (Å²) in [5.41, 5.74) is 0. The molecule has 0 radical (unpaired) electrons. The van der Waals surface area contributed by atoms with Gasteiger partial charge >= 0.3 is 0 Å². The van der Waals surface area contributed by atoms with E-state index < -0.39 is 0 Å². The van der Waals surface area contributed by atoms with Crippen molar-refractivity contribution < 1.29 is 0 Å². The van der Waals surface area contributed by atoms with Crippen molar-refractivity contribution in [2.24, 2.45) is 11.8 Å². The maximum atomic E-state index is 3.48. The van der Waals surface area contributed by atoms with E-state index in [4.69, 9.17) is 0 Å². The van der Waals surface area contributed by atoms with Crippen LogP contribution in [0, 0.1) is 11.8 Å². The molecule has 0 spiro atoms. The summed E-state index contributed by atoms with van der Waals surface area (Å²) < 4.78 is 0. The van der Waals surface area contributed by atoms with E-state index >= 15 is 0 Å². The molecule has 0 aliphatic heterocycles. The molecule has 1 rings (SSSR count). The number of hydrogen-bond donors (Lipinski definition) is 1. The Balaban J connectivity index is 2.19. The lowest BCUT2D eigenvalue weighted by Crippen LogP contribution is -2.22. The fourth-order valence-corrected chi connectivity index (χ4v) is 2.42. The van der Waals surface area contributed by atoms with Gasteiger partial charge in [-0.2, -0.15) is 0 Å². The van der Waals surface area contributed by atoms with Crippen LogP contribution < -0.4 is 5.32 Å². The highest BCUT2D eigenvalue weighted by atomic mass is 14.8. The van der Waals surface area contributed by atoms with E-state index in [-0.39, 0.29) is 0 Å². The summed E-state index contributed by atoms with van der Waals surface area (Å²) in [7, 11) is 0. The summed E-state index contributed by atoms with van der Waals surface area (Å²) in [6, 6.07) is 0. The van der Waals surface area contributed by atoms with E-state index in [1.807, 2.05) is 0 Å². The van der Waals surface area contributed by atoms with E-state index in [2.05, 4.69) is 19.2 Å². The minimum Gasteiger partial charge on any atom is -0.317 e. The van der Waals surface area contributed by atoms with Crippen LogP contribution in [0.15, 0.2) is 0 Å². The van der Waals surface area contributed by atoms with Crippen LogP contribution in [-0.4, -0.2) is 13.1 Å². The fourth-order valence-electron chi connectivity index (χ4n) is 2.42. The lowest BCUT2D eigenvalue weighted by molar-refractivity contribution is 0.408. The van der Waals surface area contributed by atoms with Crippen LogP contribution in [0.25, 0.3) is 0 Å². The average Bonchev–Trinajstić information content (AvgIpc) is 2.39. The lowest BCUT2D eigenvalue weighted by atomic mass is 9.96. The van der Waals surface area contributed by atoms with Crippen LogP contribution in [0.3, 0.4) is 0 Å². The highest BCUT2D eigenvalue weighted by molar-refractivity contribution is 4.71. The Morgan fingerprint density at radius 1 is 1.00 bits per heavy atom. The Labute approximate surface area is 83.3 Å². The first-order valence-corrected chi connectivity index (χ1v) is 6.07. The van der Waals surface area contributed by atoms with Gasteiger partial charge in [0.25, 0.3) is 0 Å². The van der Waals surface area contributed by atoms with Crippen molar-refractivity contribution in [1.29, 1.82) is 0 Å². The Kier molecular flexibility index (Phi) is 5.45. The first kappa shape index (κ1) is 11.0. The summed E-state index contributed by atoms with van der Waals surface area (Å²) in [6.45, 7) is 6.93. The van der Waals surface area contributed by atoms with Gasteiger partial charge in [-0.05, 0) is 37.8 Å². The van der Waals surface area contributed by atoms with Crippen LogP contribution in [0.2, 0.25) is 0 Å². The smallest absolute Gasteiger partial charge is 0.00206 e. The zero-order chi connectivity index (χ0) is 9.52. The Morgan fingerprint density at radius 2 is 1.69 bits per heavy atom. The molecule has 2 atom stereocenters. The van der Waals surface area contributed by atoms with Gasteiger partial charge in [-0.1, -0.05) is 39.5 Å². The molecule has 1 fully saturated rings. The van der Waals surface area contributed by atoms with Gasteiger partial charge < -0.3 is 5.32 Å². The standard InChI is InChI=1S/C12H25N/c1-3-11-6-5-7-12(9-8-11)10-13-4-2/h11-13H,3-10H2,1-2H3. The van der Waals surface area contributed by atoms with Gasteiger partial charge in [-0.25, -0.2) is 0 Å². The van der Waals surface area contributed by atoms with Crippen LogP contribution in [0.5, 0.6) is 0 Å². The molecule has 2 unspecified atom stereocenters. The molecule has 1 aliphatic carbocycles. The van der Waals surface area contributed by atoms with Crippen LogP contribution in [0.4, 0.5) is 0 Å². The Hall–Kier alpha value is -0.0400. The molecule has 13 heavy (non-hydrogen) atoms. The predicted octanol–water partition coefficient (Wildman–Crippen LogP) is 3.20. The van der Waals surface area contributed by atoms with Crippen molar-refractivity contribution >= 4 is 0 Å². The van der Waals surface area contributed by atoms with Crippen molar-refractivity contribution in [3.8, 4) is 0 Å². The topological polar surface area (TPSA) is 12.0 Å². The molecule has 0 aromatic rings. The van der Waals surface area contributed by atoms with Gasteiger partial charge in [-0.15, -0.1) is 0 Å². The largest absolute Gasteiger partial charge is 0.317 e. The molecule has 0 bridgehead atoms. The molecule has 1 heteroatoms. The predicted molar refractivity (Wildman–Crippen MR) is 58.9 cm³/mol. The second kappa shape index (κ2) is 6.42. The van der Waals surface area contributed by atoms with E-state index in [9.17, 15) is 0 Å². The number of nitrogens with one attached hydrogen (secondary N) is 1. The maximum absolute atomic E-state index is 3.48.